The van der Waals surface area contributed by atoms with Crippen LogP contribution in [0.2, 0.25) is 5.02 Å². The summed E-state index contributed by atoms with van der Waals surface area (Å²) < 4.78 is 0. The molecule has 0 fully saturated rings. The minimum absolute atomic E-state index is 0.0490. The van der Waals surface area contributed by atoms with Gasteiger partial charge in [0.2, 0.25) is 0 Å². The zero-order valence-corrected chi connectivity index (χ0v) is 46.0. The second-order valence-electron chi connectivity index (χ2n) is 23.9. The fourth-order valence-electron chi connectivity index (χ4n) is 11.7. The molecule has 2 aliphatic heterocycles. The molecule has 12 rings (SSSR count). The highest BCUT2D eigenvalue weighted by atomic mass is 35.5. The Labute approximate surface area is 456 Å². The predicted molar refractivity (Wildman–Crippen MR) is 329 cm³/mol. The maximum Gasteiger partial charge on any atom is 0.252 e. The van der Waals surface area contributed by atoms with Crippen LogP contribution < -0.4 is 26.2 Å². The zero-order chi connectivity index (χ0) is 52.7. The number of fused-ring (bicyclic) bond motifs is 4. The van der Waals surface area contributed by atoms with Gasteiger partial charge < -0.3 is 9.80 Å². The first-order valence-corrected chi connectivity index (χ1v) is 27.3. The molecular weight excluding hydrogens is 939 g/mol. The van der Waals surface area contributed by atoms with Gasteiger partial charge in [-0.1, -0.05) is 268 Å². The molecule has 0 radical (unpaired) electrons. The Morgan fingerprint density at radius 1 is 0.303 bits per heavy atom. The Hall–Kier alpha value is -7.85. The van der Waals surface area contributed by atoms with Gasteiger partial charge >= 0.3 is 0 Å². The lowest BCUT2D eigenvalue weighted by Crippen LogP contribution is -2.61. The van der Waals surface area contributed by atoms with Crippen molar-refractivity contribution in [2.24, 2.45) is 0 Å². The number of anilines is 6. The van der Waals surface area contributed by atoms with Gasteiger partial charge in [-0.3, -0.25) is 0 Å². The highest BCUT2D eigenvalue weighted by Gasteiger charge is 2.46. The van der Waals surface area contributed by atoms with Crippen molar-refractivity contribution in [3.8, 4) is 55.6 Å². The van der Waals surface area contributed by atoms with E-state index < -0.39 is 0 Å². The summed E-state index contributed by atoms with van der Waals surface area (Å²) in [4.78, 5) is 5.23. The van der Waals surface area contributed by atoms with E-state index in [-0.39, 0.29) is 23.0 Å². The topological polar surface area (TPSA) is 6.48 Å². The molecular formula is C72H64BClN2. The van der Waals surface area contributed by atoms with E-state index in [9.17, 15) is 0 Å². The molecule has 2 aliphatic rings. The van der Waals surface area contributed by atoms with Gasteiger partial charge in [0.25, 0.3) is 6.71 Å². The summed E-state index contributed by atoms with van der Waals surface area (Å²) in [6.45, 7) is 20.9. The third kappa shape index (κ3) is 8.65. The van der Waals surface area contributed by atoms with Crippen LogP contribution in [0.1, 0.15) is 79.0 Å². The second-order valence-corrected chi connectivity index (χ2v) is 24.4. The SMILES string of the molecule is CC(C)(C)c1cc(-c2ccc3c(c2)N(c2c(-c4ccccc4)cccc2-c2ccccc2)c2cc(C(C)(C)C)cc4c2B3c2ccc(Cl)cc2N4c2c(-c3ccccc3)cccc2-c2ccccc2)cc(C(C)(C)C)c1. The quantitative estimate of drug-likeness (QED) is 0.147. The van der Waals surface area contributed by atoms with Crippen LogP contribution in [0.3, 0.4) is 0 Å². The molecule has 372 valence electrons. The molecule has 0 amide bonds. The van der Waals surface area contributed by atoms with E-state index in [4.69, 9.17) is 11.6 Å². The summed E-state index contributed by atoms with van der Waals surface area (Å²) in [5.74, 6) is 0. The van der Waals surface area contributed by atoms with Gasteiger partial charge in [0, 0.05) is 50.0 Å². The van der Waals surface area contributed by atoms with E-state index in [0.29, 0.717) is 5.02 Å². The summed E-state index contributed by atoms with van der Waals surface area (Å²) in [6, 6.07) is 83.6. The third-order valence-electron chi connectivity index (χ3n) is 15.8. The van der Waals surface area contributed by atoms with Crippen LogP contribution in [0.4, 0.5) is 34.1 Å². The number of rotatable bonds is 7. The number of hydrogen-bond donors (Lipinski definition) is 0. The third-order valence-corrected chi connectivity index (χ3v) is 16.0. The molecule has 0 unspecified atom stereocenters. The first kappa shape index (κ1) is 49.1. The van der Waals surface area contributed by atoms with Crippen LogP contribution in [0.5, 0.6) is 0 Å². The Morgan fingerprint density at radius 2 is 0.658 bits per heavy atom. The summed E-state index contributed by atoms with van der Waals surface area (Å²) in [5.41, 5.74) is 25.7. The lowest BCUT2D eigenvalue weighted by Gasteiger charge is -2.46. The standard InChI is InChI=1S/C72H64BClN2/c1-70(2,3)53-40-52(41-54(43-53)71(4,5)6)51-36-38-61-63(42-51)75(68-57(47-24-14-10-15-25-47)32-22-33-58(68)48-26-16-11-17-27-48)65-44-55(72(7,8)9)45-66-67(65)73(61)62-39-37-56(74)46-64(62)76(66)69-59(49-28-18-12-19-29-49)34-23-35-60(69)50-30-20-13-21-31-50/h10-46H,1-9H3. The number of para-hydroxylation sites is 2. The van der Waals surface area contributed by atoms with E-state index in [0.717, 1.165) is 72.9 Å². The molecule has 4 heteroatoms. The first-order chi connectivity index (χ1) is 36.5. The molecule has 0 N–H and O–H groups in total. The molecule has 2 nitrogen and oxygen atoms in total. The van der Waals surface area contributed by atoms with Gasteiger partial charge in [-0.2, -0.15) is 0 Å². The fourth-order valence-corrected chi connectivity index (χ4v) is 11.9. The number of benzene rings is 10. The molecule has 10 aromatic rings. The van der Waals surface area contributed by atoms with Crippen molar-refractivity contribution in [1.82, 2.24) is 0 Å². The van der Waals surface area contributed by atoms with Gasteiger partial charge in [0.05, 0.1) is 11.4 Å². The monoisotopic (exact) mass is 1000 g/mol. The van der Waals surface area contributed by atoms with E-state index in [1.54, 1.807) is 0 Å². The molecule has 2 heterocycles. The number of hydrogen-bond acceptors (Lipinski definition) is 2. The van der Waals surface area contributed by atoms with Crippen molar-refractivity contribution in [2.45, 2.75) is 78.6 Å². The van der Waals surface area contributed by atoms with Gasteiger partial charge in [-0.05, 0) is 113 Å². The summed E-state index contributed by atoms with van der Waals surface area (Å²) in [5, 5.41) is 0.698. The zero-order valence-electron chi connectivity index (χ0n) is 45.2. The summed E-state index contributed by atoms with van der Waals surface area (Å²) in [6.07, 6.45) is 0. The molecule has 0 saturated carbocycles. The molecule has 0 atom stereocenters. The average Bonchev–Trinajstić information content (AvgIpc) is 3.49. The van der Waals surface area contributed by atoms with Gasteiger partial charge in [0.1, 0.15) is 0 Å². The lowest BCUT2D eigenvalue weighted by atomic mass is 9.33. The fraction of sp³-hybridized carbons (Fsp3) is 0.167. The second kappa shape index (κ2) is 18.8. The minimum atomic E-state index is -0.242. The molecule has 0 aromatic heterocycles. The maximum absolute atomic E-state index is 7.31. The largest absolute Gasteiger partial charge is 0.310 e. The van der Waals surface area contributed by atoms with Crippen LogP contribution in [0.25, 0.3) is 55.6 Å². The Bertz CT molecular complexity index is 3680. The predicted octanol–water partition coefficient (Wildman–Crippen LogP) is 18.7. The highest BCUT2D eigenvalue weighted by Crippen LogP contribution is 2.54. The van der Waals surface area contributed by atoms with Crippen LogP contribution >= 0.6 is 11.6 Å². The van der Waals surface area contributed by atoms with Crippen molar-refractivity contribution in [3.63, 3.8) is 0 Å². The normalized spacial score (nSPS) is 13.1. The van der Waals surface area contributed by atoms with E-state index >= 15 is 0 Å². The Morgan fingerprint density at radius 3 is 1.04 bits per heavy atom. The minimum Gasteiger partial charge on any atom is -0.310 e. The molecule has 0 saturated heterocycles. The summed E-state index contributed by atoms with van der Waals surface area (Å²) in [7, 11) is 0. The van der Waals surface area contributed by atoms with Crippen LogP contribution in [-0.2, 0) is 16.2 Å². The molecule has 76 heavy (non-hydrogen) atoms. The van der Waals surface area contributed by atoms with Crippen LogP contribution in [0.15, 0.2) is 224 Å². The van der Waals surface area contributed by atoms with E-state index in [1.807, 2.05) is 0 Å². The van der Waals surface area contributed by atoms with Gasteiger partial charge in [0.15, 0.2) is 0 Å². The van der Waals surface area contributed by atoms with Crippen LogP contribution in [0, 0.1) is 0 Å². The molecule has 10 aromatic carbocycles. The number of halogens is 1. The van der Waals surface area contributed by atoms with E-state index in [1.165, 1.54) is 49.9 Å². The van der Waals surface area contributed by atoms with E-state index in [2.05, 4.69) is 297 Å². The summed E-state index contributed by atoms with van der Waals surface area (Å²) >= 11 is 7.31. The van der Waals surface area contributed by atoms with Crippen molar-refractivity contribution in [3.05, 3.63) is 246 Å². The molecule has 0 bridgehead atoms. The smallest absolute Gasteiger partial charge is 0.252 e. The van der Waals surface area contributed by atoms with Crippen molar-refractivity contribution >= 4 is 68.8 Å². The first-order valence-electron chi connectivity index (χ1n) is 26.9. The van der Waals surface area contributed by atoms with Crippen molar-refractivity contribution < 1.29 is 0 Å². The Kier molecular flexibility index (Phi) is 12.1. The maximum atomic E-state index is 7.31. The van der Waals surface area contributed by atoms with Crippen molar-refractivity contribution in [1.29, 1.82) is 0 Å². The molecule has 0 spiro atoms. The van der Waals surface area contributed by atoms with Gasteiger partial charge in [-0.15, -0.1) is 0 Å². The average molecular weight is 1000 g/mol. The lowest BCUT2D eigenvalue weighted by molar-refractivity contribution is 0.569. The Balaban J connectivity index is 1.25. The number of nitrogens with zero attached hydrogens (tertiary/aromatic N) is 2. The van der Waals surface area contributed by atoms with Crippen LogP contribution in [-0.4, -0.2) is 6.71 Å². The van der Waals surface area contributed by atoms with Gasteiger partial charge in [-0.25, -0.2) is 0 Å². The van der Waals surface area contributed by atoms with Crippen molar-refractivity contribution in [2.75, 3.05) is 9.80 Å². The highest BCUT2D eigenvalue weighted by molar-refractivity contribution is 7.00. The molecule has 0 aliphatic carbocycles.